The lowest BCUT2D eigenvalue weighted by molar-refractivity contribution is -0.132. The molecule has 1 aromatic carbocycles. The largest absolute Gasteiger partial charge is 0.392 e. The Morgan fingerprint density at radius 2 is 2.11 bits per heavy atom. The minimum absolute atomic E-state index is 0.148. The maximum Gasteiger partial charge on any atom is 0.239 e. The molecular weight excluding hydrogens is 240 g/mol. The number of aliphatic hydroxyl groups excluding tert-OH is 1. The molecule has 4 nitrogen and oxygen atoms in total. The summed E-state index contributed by atoms with van der Waals surface area (Å²) in [5, 5.41) is 12.6. The second kappa shape index (κ2) is 5.31. The van der Waals surface area contributed by atoms with E-state index < -0.39 is 0 Å². The van der Waals surface area contributed by atoms with E-state index in [1.807, 2.05) is 11.0 Å². The van der Waals surface area contributed by atoms with Gasteiger partial charge in [-0.1, -0.05) is 30.3 Å². The third-order valence-electron chi connectivity index (χ3n) is 4.18. The fraction of sp³-hybridized carbons (Fsp3) is 0.533. The van der Waals surface area contributed by atoms with Crippen LogP contribution in [0.25, 0.3) is 0 Å². The van der Waals surface area contributed by atoms with Crippen molar-refractivity contribution in [2.75, 3.05) is 19.6 Å². The van der Waals surface area contributed by atoms with Crippen LogP contribution in [0.1, 0.15) is 24.3 Å². The van der Waals surface area contributed by atoms with Crippen LogP contribution in [0.4, 0.5) is 0 Å². The van der Waals surface area contributed by atoms with Crippen molar-refractivity contribution in [1.29, 1.82) is 0 Å². The summed E-state index contributed by atoms with van der Waals surface area (Å²) in [7, 11) is 0. The fourth-order valence-electron chi connectivity index (χ4n) is 3.08. The zero-order valence-electron chi connectivity index (χ0n) is 11.0. The minimum atomic E-state index is -0.374. The molecule has 4 heteroatoms. The molecule has 0 aliphatic carbocycles. The topological polar surface area (TPSA) is 52.6 Å². The Morgan fingerprint density at radius 1 is 1.32 bits per heavy atom. The Morgan fingerprint density at radius 3 is 2.79 bits per heavy atom. The molecular formula is C15H20N2O2. The van der Waals surface area contributed by atoms with Gasteiger partial charge in [0, 0.05) is 25.6 Å². The van der Waals surface area contributed by atoms with Crippen molar-refractivity contribution in [2.24, 2.45) is 0 Å². The Labute approximate surface area is 113 Å². The van der Waals surface area contributed by atoms with Gasteiger partial charge in [-0.05, 0) is 18.4 Å². The van der Waals surface area contributed by atoms with Gasteiger partial charge in [0.25, 0.3) is 0 Å². The predicted molar refractivity (Wildman–Crippen MR) is 72.8 cm³/mol. The van der Waals surface area contributed by atoms with Crippen molar-refractivity contribution >= 4 is 5.91 Å². The maximum absolute atomic E-state index is 12.3. The Bertz CT molecular complexity index is 449. The molecule has 0 aromatic heterocycles. The van der Waals surface area contributed by atoms with Gasteiger partial charge in [0.05, 0.1) is 12.1 Å². The molecule has 3 atom stereocenters. The zero-order valence-corrected chi connectivity index (χ0v) is 11.0. The highest BCUT2D eigenvalue weighted by atomic mass is 16.3. The smallest absolute Gasteiger partial charge is 0.239 e. The Balaban J connectivity index is 1.61. The fourth-order valence-corrected chi connectivity index (χ4v) is 3.08. The normalized spacial score (nSPS) is 30.8. The quantitative estimate of drug-likeness (QED) is 0.824. The van der Waals surface area contributed by atoms with E-state index in [-0.39, 0.29) is 18.1 Å². The first-order chi connectivity index (χ1) is 9.24. The lowest BCUT2D eigenvalue weighted by Crippen LogP contribution is -2.42. The third-order valence-corrected chi connectivity index (χ3v) is 4.18. The molecule has 0 saturated carbocycles. The van der Waals surface area contributed by atoms with Crippen molar-refractivity contribution in [2.45, 2.75) is 30.9 Å². The number of carbonyl (C=O) groups excluding carboxylic acids is 1. The van der Waals surface area contributed by atoms with Crippen molar-refractivity contribution in [1.82, 2.24) is 10.2 Å². The summed E-state index contributed by atoms with van der Waals surface area (Å²) in [5.74, 6) is 0.603. The number of hydrogen-bond donors (Lipinski definition) is 2. The van der Waals surface area contributed by atoms with Crippen LogP contribution in [0.15, 0.2) is 30.3 Å². The number of nitrogens with one attached hydrogen (secondary N) is 1. The number of carbonyl (C=O) groups is 1. The summed E-state index contributed by atoms with van der Waals surface area (Å²) in [6.45, 7) is 2.16. The van der Waals surface area contributed by atoms with E-state index in [0.717, 1.165) is 19.5 Å². The van der Waals surface area contributed by atoms with Gasteiger partial charge in [-0.25, -0.2) is 0 Å². The van der Waals surface area contributed by atoms with Gasteiger partial charge in [0.15, 0.2) is 0 Å². The molecule has 3 rings (SSSR count). The lowest BCUT2D eigenvalue weighted by Gasteiger charge is -2.20. The molecule has 0 bridgehead atoms. The first-order valence-corrected chi connectivity index (χ1v) is 6.99. The molecule has 102 valence electrons. The van der Waals surface area contributed by atoms with Gasteiger partial charge in [-0.3, -0.25) is 4.79 Å². The molecule has 2 N–H and O–H groups in total. The summed E-state index contributed by atoms with van der Waals surface area (Å²) < 4.78 is 0. The van der Waals surface area contributed by atoms with Gasteiger partial charge >= 0.3 is 0 Å². The lowest BCUT2D eigenvalue weighted by atomic mass is 9.99. The SMILES string of the molecule is O=C(C1CC(O)CN1)N1CCC(c2ccccc2)C1. The van der Waals surface area contributed by atoms with Gasteiger partial charge < -0.3 is 15.3 Å². The molecule has 19 heavy (non-hydrogen) atoms. The van der Waals surface area contributed by atoms with E-state index in [0.29, 0.717) is 18.9 Å². The van der Waals surface area contributed by atoms with Gasteiger partial charge in [0.2, 0.25) is 5.91 Å². The molecule has 2 aliphatic heterocycles. The number of hydrogen-bond acceptors (Lipinski definition) is 3. The molecule has 0 spiro atoms. The summed E-state index contributed by atoms with van der Waals surface area (Å²) in [6.07, 6.45) is 1.21. The van der Waals surface area contributed by atoms with E-state index in [9.17, 15) is 9.90 Å². The van der Waals surface area contributed by atoms with Crippen LogP contribution < -0.4 is 5.32 Å². The van der Waals surface area contributed by atoms with Gasteiger partial charge in [0.1, 0.15) is 0 Å². The molecule has 0 radical (unpaired) electrons. The van der Waals surface area contributed by atoms with E-state index >= 15 is 0 Å². The first kappa shape index (κ1) is 12.6. The average Bonchev–Trinajstić information content (AvgIpc) is 3.08. The van der Waals surface area contributed by atoms with Crippen molar-refractivity contribution in [3.05, 3.63) is 35.9 Å². The predicted octanol–water partition coefficient (Wildman–Crippen LogP) is 0.725. The number of benzene rings is 1. The van der Waals surface area contributed by atoms with Crippen LogP contribution in [-0.4, -0.2) is 47.7 Å². The second-order valence-electron chi connectivity index (χ2n) is 5.53. The number of β-amino-alcohol motifs (C(OH)–C–C–N with tert-alkyl or cyclic N) is 1. The standard InChI is InChI=1S/C15H20N2O2/c18-13-8-14(16-9-13)15(19)17-7-6-12(10-17)11-4-2-1-3-5-11/h1-5,12-14,16,18H,6-10H2. The Hall–Kier alpha value is -1.39. The summed E-state index contributed by atoms with van der Waals surface area (Å²) in [6, 6.07) is 10.2. The molecule has 1 amide bonds. The van der Waals surface area contributed by atoms with E-state index in [1.54, 1.807) is 0 Å². The number of likely N-dealkylation sites (tertiary alicyclic amines) is 1. The van der Waals surface area contributed by atoms with Crippen LogP contribution in [-0.2, 0) is 4.79 Å². The van der Waals surface area contributed by atoms with Crippen LogP contribution in [0.5, 0.6) is 0 Å². The monoisotopic (exact) mass is 260 g/mol. The van der Waals surface area contributed by atoms with Crippen LogP contribution in [0.2, 0.25) is 0 Å². The molecule has 1 aromatic rings. The van der Waals surface area contributed by atoms with Crippen LogP contribution in [0.3, 0.4) is 0 Å². The van der Waals surface area contributed by atoms with Crippen LogP contribution in [0, 0.1) is 0 Å². The molecule has 2 saturated heterocycles. The molecule has 2 aliphatic rings. The van der Waals surface area contributed by atoms with E-state index in [4.69, 9.17) is 0 Å². The van der Waals surface area contributed by atoms with Crippen LogP contribution >= 0.6 is 0 Å². The van der Waals surface area contributed by atoms with Gasteiger partial charge in [-0.15, -0.1) is 0 Å². The highest BCUT2D eigenvalue weighted by Gasteiger charge is 2.34. The number of amides is 1. The van der Waals surface area contributed by atoms with E-state index in [2.05, 4.69) is 29.6 Å². The summed E-state index contributed by atoms with van der Waals surface area (Å²) in [5.41, 5.74) is 1.32. The summed E-state index contributed by atoms with van der Waals surface area (Å²) >= 11 is 0. The second-order valence-corrected chi connectivity index (χ2v) is 5.53. The van der Waals surface area contributed by atoms with Crippen molar-refractivity contribution in [3.63, 3.8) is 0 Å². The highest BCUT2D eigenvalue weighted by molar-refractivity contribution is 5.82. The average molecular weight is 260 g/mol. The Kier molecular flexibility index (Phi) is 3.53. The maximum atomic E-state index is 12.3. The van der Waals surface area contributed by atoms with Crippen molar-refractivity contribution < 1.29 is 9.90 Å². The highest BCUT2D eigenvalue weighted by Crippen LogP contribution is 2.27. The first-order valence-electron chi connectivity index (χ1n) is 6.99. The number of rotatable bonds is 2. The minimum Gasteiger partial charge on any atom is -0.392 e. The van der Waals surface area contributed by atoms with Gasteiger partial charge in [-0.2, -0.15) is 0 Å². The summed E-state index contributed by atoms with van der Waals surface area (Å²) in [4.78, 5) is 14.3. The molecule has 2 heterocycles. The third kappa shape index (κ3) is 2.65. The van der Waals surface area contributed by atoms with Crippen molar-refractivity contribution in [3.8, 4) is 0 Å². The molecule has 2 fully saturated rings. The van der Waals surface area contributed by atoms with E-state index in [1.165, 1.54) is 5.56 Å². The number of aliphatic hydroxyl groups is 1. The number of nitrogens with zero attached hydrogens (tertiary/aromatic N) is 1. The zero-order chi connectivity index (χ0) is 13.2. The molecule has 3 unspecified atom stereocenters.